The standard InChI is InChI=1S/C8H12F2N2O/c1-6-5-11-12(3-4-13)7(6)8(2,9)10/h5,13H,3-4H2,1-2H3. The zero-order valence-corrected chi connectivity index (χ0v) is 7.59. The van der Waals surface area contributed by atoms with Gasteiger partial charge in [0.2, 0.25) is 0 Å². The molecule has 13 heavy (non-hydrogen) atoms. The molecule has 1 aromatic heterocycles. The minimum absolute atomic E-state index is 0.104. The summed E-state index contributed by atoms with van der Waals surface area (Å²) in [5, 5.41) is 12.4. The number of hydrogen-bond donors (Lipinski definition) is 1. The fourth-order valence-electron chi connectivity index (χ4n) is 1.32. The van der Waals surface area contributed by atoms with Crippen molar-refractivity contribution in [1.82, 2.24) is 9.78 Å². The summed E-state index contributed by atoms with van der Waals surface area (Å²) in [5.74, 6) is -2.91. The van der Waals surface area contributed by atoms with Crippen molar-refractivity contribution in [3.05, 3.63) is 17.5 Å². The molecule has 0 bridgehead atoms. The van der Waals surface area contributed by atoms with E-state index in [-0.39, 0.29) is 18.8 Å². The van der Waals surface area contributed by atoms with Crippen LogP contribution in [0.1, 0.15) is 18.2 Å². The first-order chi connectivity index (χ1) is 5.96. The lowest BCUT2D eigenvalue weighted by atomic mass is 10.2. The van der Waals surface area contributed by atoms with Crippen LogP contribution in [-0.4, -0.2) is 21.5 Å². The van der Waals surface area contributed by atoms with Gasteiger partial charge in [-0.05, 0) is 12.5 Å². The Bertz CT molecular complexity index is 291. The average Bonchev–Trinajstić information content (AvgIpc) is 2.31. The quantitative estimate of drug-likeness (QED) is 0.780. The zero-order chi connectivity index (χ0) is 10.1. The fraction of sp³-hybridized carbons (Fsp3) is 0.625. The Kier molecular flexibility index (Phi) is 2.66. The van der Waals surface area contributed by atoms with E-state index in [0.29, 0.717) is 5.56 Å². The maximum Gasteiger partial charge on any atom is 0.286 e. The summed E-state index contributed by atoms with van der Waals surface area (Å²) in [5.41, 5.74) is 0.322. The van der Waals surface area contributed by atoms with Gasteiger partial charge in [0.05, 0.1) is 19.3 Å². The Morgan fingerprint density at radius 2 is 2.23 bits per heavy atom. The Morgan fingerprint density at radius 3 is 2.69 bits per heavy atom. The van der Waals surface area contributed by atoms with Crippen molar-refractivity contribution < 1.29 is 13.9 Å². The second-order valence-electron chi connectivity index (χ2n) is 3.01. The van der Waals surface area contributed by atoms with Crippen LogP contribution in [-0.2, 0) is 12.5 Å². The second kappa shape index (κ2) is 3.41. The molecule has 3 nitrogen and oxygen atoms in total. The molecule has 0 amide bonds. The SMILES string of the molecule is Cc1cnn(CCO)c1C(C)(F)F. The van der Waals surface area contributed by atoms with E-state index >= 15 is 0 Å². The van der Waals surface area contributed by atoms with Crippen LogP contribution in [0.3, 0.4) is 0 Å². The summed E-state index contributed by atoms with van der Waals surface area (Å²) in [4.78, 5) is 0. The van der Waals surface area contributed by atoms with Gasteiger partial charge in [0.1, 0.15) is 5.69 Å². The third-order valence-electron chi connectivity index (χ3n) is 1.75. The molecular formula is C8H12F2N2O. The molecule has 5 heteroatoms. The van der Waals surface area contributed by atoms with Crippen LogP contribution in [0.2, 0.25) is 0 Å². The minimum atomic E-state index is -2.91. The number of aliphatic hydroxyl groups is 1. The predicted octanol–water partition coefficient (Wildman–Crippen LogP) is 1.30. The highest BCUT2D eigenvalue weighted by atomic mass is 19.3. The molecule has 0 aliphatic carbocycles. The number of nitrogens with zero attached hydrogens (tertiary/aromatic N) is 2. The summed E-state index contributed by atoms with van der Waals surface area (Å²) in [6.07, 6.45) is 1.38. The Labute approximate surface area is 75.0 Å². The minimum Gasteiger partial charge on any atom is -0.394 e. The van der Waals surface area contributed by atoms with Crippen LogP contribution in [0.25, 0.3) is 0 Å². The molecule has 1 aromatic rings. The second-order valence-corrected chi connectivity index (χ2v) is 3.01. The van der Waals surface area contributed by atoms with E-state index in [1.165, 1.54) is 6.20 Å². The van der Waals surface area contributed by atoms with E-state index in [4.69, 9.17) is 5.11 Å². The molecule has 0 fully saturated rings. The number of halogens is 2. The highest BCUT2D eigenvalue weighted by Gasteiger charge is 2.30. The monoisotopic (exact) mass is 190 g/mol. The lowest BCUT2D eigenvalue weighted by molar-refractivity contribution is 0.00639. The van der Waals surface area contributed by atoms with Crippen LogP contribution in [0.4, 0.5) is 8.78 Å². The van der Waals surface area contributed by atoms with Gasteiger partial charge in [0.25, 0.3) is 5.92 Å². The summed E-state index contributed by atoms with van der Waals surface area (Å²) in [6, 6.07) is 0. The zero-order valence-electron chi connectivity index (χ0n) is 7.59. The van der Waals surface area contributed by atoms with Gasteiger partial charge in [-0.15, -0.1) is 0 Å². The average molecular weight is 190 g/mol. The molecule has 0 unspecified atom stereocenters. The smallest absolute Gasteiger partial charge is 0.286 e. The summed E-state index contributed by atoms with van der Waals surface area (Å²) in [7, 11) is 0. The van der Waals surface area contributed by atoms with Gasteiger partial charge < -0.3 is 5.11 Å². The van der Waals surface area contributed by atoms with Gasteiger partial charge in [-0.1, -0.05) is 0 Å². The third kappa shape index (κ3) is 2.03. The number of rotatable bonds is 3. The first-order valence-electron chi connectivity index (χ1n) is 3.98. The van der Waals surface area contributed by atoms with E-state index in [1.54, 1.807) is 6.92 Å². The summed E-state index contributed by atoms with van der Waals surface area (Å²) >= 11 is 0. The van der Waals surface area contributed by atoms with Gasteiger partial charge in [-0.3, -0.25) is 4.68 Å². The first-order valence-corrected chi connectivity index (χ1v) is 3.98. The molecule has 74 valence electrons. The first kappa shape index (κ1) is 10.1. The van der Waals surface area contributed by atoms with E-state index in [2.05, 4.69) is 5.10 Å². The van der Waals surface area contributed by atoms with Gasteiger partial charge in [-0.2, -0.15) is 13.9 Å². The van der Waals surface area contributed by atoms with Crippen LogP contribution < -0.4 is 0 Å². The van der Waals surface area contributed by atoms with Crippen molar-refractivity contribution in [3.8, 4) is 0 Å². The third-order valence-corrected chi connectivity index (χ3v) is 1.75. The lowest BCUT2D eigenvalue weighted by Crippen LogP contribution is -2.18. The normalized spacial score (nSPS) is 12.1. The number of hydrogen-bond acceptors (Lipinski definition) is 2. The van der Waals surface area contributed by atoms with Crippen molar-refractivity contribution >= 4 is 0 Å². The van der Waals surface area contributed by atoms with Gasteiger partial charge in [0.15, 0.2) is 0 Å². The molecule has 0 saturated carbocycles. The maximum absolute atomic E-state index is 13.0. The van der Waals surface area contributed by atoms with Crippen molar-refractivity contribution in [2.75, 3.05) is 6.61 Å². The molecule has 1 rings (SSSR count). The molecule has 0 spiro atoms. The Balaban J connectivity index is 3.09. The van der Waals surface area contributed by atoms with Crippen LogP contribution in [0.15, 0.2) is 6.20 Å². The van der Waals surface area contributed by atoms with E-state index in [0.717, 1.165) is 11.6 Å². The van der Waals surface area contributed by atoms with Gasteiger partial charge in [-0.25, -0.2) is 0 Å². The van der Waals surface area contributed by atoms with Gasteiger partial charge >= 0.3 is 0 Å². The number of alkyl halides is 2. The topological polar surface area (TPSA) is 38.0 Å². The van der Waals surface area contributed by atoms with Crippen molar-refractivity contribution in [2.24, 2.45) is 0 Å². The van der Waals surface area contributed by atoms with E-state index in [1.807, 2.05) is 0 Å². The molecule has 0 aliphatic heterocycles. The number of aromatic nitrogens is 2. The molecule has 0 saturated heterocycles. The molecular weight excluding hydrogens is 178 g/mol. The summed E-state index contributed by atoms with van der Waals surface area (Å²) < 4.78 is 27.1. The molecule has 0 atom stereocenters. The van der Waals surface area contributed by atoms with Crippen LogP contribution in [0.5, 0.6) is 0 Å². The molecule has 0 aliphatic rings. The van der Waals surface area contributed by atoms with E-state index < -0.39 is 5.92 Å². The molecule has 0 radical (unpaired) electrons. The van der Waals surface area contributed by atoms with Crippen molar-refractivity contribution in [2.45, 2.75) is 26.3 Å². The highest BCUT2D eigenvalue weighted by Crippen LogP contribution is 2.29. The number of aliphatic hydroxyl groups excluding tert-OH is 1. The van der Waals surface area contributed by atoms with Crippen LogP contribution >= 0.6 is 0 Å². The largest absolute Gasteiger partial charge is 0.394 e. The lowest BCUT2D eigenvalue weighted by Gasteiger charge is -2.13. The van der Waals surface area contributed by atoms with Gasteiger partial charge in [0, 0.05) is 6.92 Å². The Hall–Kier alpha value is -0.970. The fourth-order valence-corrected chi connectivity index (χ4v) is 1.32. The molecule has 1 N–H and O–H groups in total. The Morgan fingerprint density at radius 1 is 1.62 bits per heavy atom. The van der Waals surface area contributed by atoms with Crippen LogP contribution in [0, 0.1) is 6.92 Å². The maximum atomic E-state index is 13.0. The highest BCUT2D eigenvalue weighted by molar-refractivity contribution is 5.19. The predicted molar refractivity (Wildman–Crippen MR) is 43.6 cm³/mol. The summed E-state index contributed by atoms with van der Waals surface area (Å²) in [6.45, 7) is 2.31. The van der Waals surface area contributed by atoms with E-state index in [9.17, 15) is 8.78 Å². The van der Waals surface area contributed by atoms with Crippen molar-refractivity contribution in [1.29, 1.82) is 0 Å². The number of aryl methyl sites for hydroxylation is 1. The molecule has 1 heterocycles. The molecule has 0 aromatic carbocycles. The van der Waals surface area contributed by atoms with Crippen molar-refractivity contribution in [3.63, 3.8) is 0 Å².